The second kappa shape index (κ2) is 5.30. The quantitative estimate of drug-likeness (QED) is 0.731. The standard InChI is InChI=1S/C17H15FN6O/c1-24-13-5-3-2-4-12(13)17(14(24)25)22-15(19)21-16(23-17)20-11-8-6-10(18)7-9-11/h2-9H,1H3,(H4,19,20,21,22,23). The lowest BCUT2D eigenvalue weighted by atomic mass is 10.0. The molecule has 0 aromatic heterocycles. The topological polar surface area (TPSA) is 95.1 Å². The average molecular weight is 338 g/mol. The second-order valence-corrected chi connectivity index (χ2v) is 5.77. The molecule has 2 aliphatic heterocycles. The number of aliphatic imine (C=N–C) groups is 2. The Labute approximate surface area is 143 Å². The van der Waals surface area contributed by atoms with E-state index >= 15 is 0 Å². The fourth-order valence-electron chi connectivity index (χ4n) is 3.00. The van der Waals surface area contributed by atoms with Crippen molar-refractivity contribution in [2.45, 2.75) is 5.66 Å². The number of guanidine groups is 2. The van der Waals surface area contributed by atoms with Crippen LogP contribution in [0, 0.1) is 5.82 Å². The monoisotopic (exact) mass is 338 g/mol. The number of nitrogens with one attached hydrogen (secondary N) is 2. The first kappa shape index (κ1) is 15.1. The molecule has 2 heterocycles. The lowest BCUT2D eigenvalue weighted by Crippen LogP contribution is -2.50. The fourth-order valence-corrected chi connectivity index (χ4v) is 3.00. The highest BCUT2D eigenvalue weighted by Crippen LogP contribution is 2.43. The molecule has 1 amide bonds. The summed E-state index contributed by atoms with van der Waals surface area (Å²) in [7, 11) is 1.67. The number of amides is 1. The molecule has 2 aromatic carbocycles. The first-order valence-corrected chi connectivity index (χ1v) is 7.62. The third-order valence-corrected chi connectivity index (χ3v) is 4.15. The summed E-state index contributed by atoms with van der Waals surface area (Å²) in [5.74, 6) is -0.310. The number of likely N-dealkylation sites (N-methyl/N-ethyl adjacent to an activating group) is 1. The third-order valence-electron chi connectivity index (χ3n) is 4.15. The molecule has 1 atom stereocenters. The number of nitrogens with zero attached hydrogens (tertiary/aromatic N) is 3. The number of carbonyl (C=O) groups excluding carboxylic acids is 1. The predicted molar refractivity (Wildman–Crippen MR) is 93.7 cm³/mol. The molecular weight excluding hydrogens is 323 g/mol. The van der Waals surface area contributed by atoms with Crippen LogP contribution in [0.3, 0.4) is 0 Å². The van der Waals surface area contributed by atoms with Gasteiger partial charge in [0.05, 0.1) is 5.69 Å². The van der Waals surface area contributed by atoms with E-state index in [1.807, 2.05) is 18.2 Å². The summed E-state index contributed by atoms with van der Waals surface area (Å²) in [6, 6.07) is 13.1. The van der Waals surface area contributed by atoms with Crippen molar-refractivity contribution in [1.82, 2.24) is 5.32 Å². The molecule has 126 valence electrons. The average Bonchev–Trinajstić information content (AvgIpc) is 2.79. The van der Waals surface area contributed by atoms with E-state index in [4.69, 9.17) is 5.73 Å². The van der Waals surface area contributed by atoms with Gasteiger partial charge in [0, 0.05) is 18.3 Å². The maximum absolute atomic E-state index is 13.1. The number of benzene rings is 2. The van der Waals surface area contributed by atoms with Crippen molar-refractivity contribution in [2.24, 2.45) is 15.7 Å². The normalized spacial score (nSPS) is 21.5. The van der Waals surface area contributed by atoms with Crippen molar-refractivity contribution >= 4 is 29.2 Å². The number of nitrogens with two attached hydrogens (primary N) is 1. The van der Waals surface area contributed by atoms with Crippen LogP contribution >= 0.6 is 0 Å². The van der Waals surface area contributed by atoms with Gasteiger partial charge in [0.2, 0.25) is 5.96 Å². The minimum atomic E-state index is -1.46. The SMILES string of the molecule is CN1C(=O)C2(N=C(N)NC(Nc3ccc(F)cc3)=N2)c2ccccc21. The highest BCUT2D eigenvalue weighted by atomic mass is 19.1. The molecule has 8 heteroatoms. The van der Waals surface area contributed by atoms with Gasteiger partial charge in [-0.1, -0.05) is 18.2 Å². The summed E-state index contributed by atoms with van der Waals surface area (Å²) in [5.41, 5.74) is 6.45. The van der Waals surface area contributed by atoms with Gasteiger partial charge in [-0.3, -0.25) is 10.1 Å². The highest BCUT2D eigenvalue weighted by molar-refractivity contribution is 6.14. The molecule has 0 aliphatic carbocycles. The van der Waals surface area contributed by atoms with E-state index in [2.05, 4.69) is 20.6 Å². The summed E-state index contributed by atoms with van der Waals surface area (Å²) >= 11 is 0. The molecule has 1 unspecified atom stereocenters. The van der Waals surface area contributed by atoms with E-state index in [9.17, 15) is 9.18 Å². The molecular formula is C17H15FN6O. The van der Waals surface area contributed by atoms with Crippen molar-refractivity contribution in [3.63, 3.8) is 0 Å². The maximum Gasteiger partial charge on any atom is 0.282 e. The molecule has 2 aliphatic rings. The van der Waals surface area contributed by atoms with E-state index in [1.165, 1.54) is 17.0 Å². The second-order valence-electron chi connectivity index (χ2n) is 5.77. The zero-order valence-corrected chi connectivity index (χ0v) is 13.3. The van der Waals surface area contributed by atoms with Gasteiger partial charge in [0.25, 0.3) is 11.6 Å². The van der Waals surface area contributed by atoms with Crippen LogP contribution in [0.5, 0.6) is 0 Å². The van der Waals surface area contributed by atoms with Gasteiger partial charge < -0.3 is 16.0 Å². The minimum Gasteiger partial charge on any atom is -0.370 e. The maximum atomic E-state index is 13.1. The third kappa shape index (κ3) is 2.30. The number of hydrogen-bond acceptors (Lipinski definition) is 6. The molecule has 0 bridgehead atoms. The zero-order valence-electron chi connectivity index (χ0n) is 13.3. The zero-order chi connectivity index (χ0) is 17.6. The number of halogens is 1. The number of fused-ring (bicyclic) bond motifs is 2. The van der Waals surface area contributed by atoms with Gasteiger partial charge in [-0.2, -0.15) is 0 Å². The Morgan fingerprint density at radius 2 is 1.88 bits per heavy atom. The van der Waals surface area contributed by atoms with E-state index in [1.54, 1.807) is 25.2 Å². The van der Waals surface area contributed by atoms with Crippen molar-refractivity contribution < 1.29 is 9.18 Å². The Bertz CT molecular complexity index is 923. The van der Waals surface area contributed by atoms with Gasteiger partial charge in [-0.25, -0.2) is 14.4 Å². The predicted octanol–water partition coefficient (Wildman–Crippen LogP) is 1.34. The molecule has 4 rings (SSSR count). The van der Waals surface area contributed by atoms with Crippen LogP contribution < -0.4 is 21.3 Å². The Kier molecular flexibility index (Phi) is 3.21. The molecule has 0 saturated carbocycles. The number of carbonyl (C=O) groups is 1. The van der Waals surface area contributed by atoms with E-state index < -0.39 is 5.66 Å². The summed E-state index contributed by atoms with van der Waals surface area (Å²) in [6.45, 7) is 0. The molecule has 0 radical (unpaired) electrons. The van der Waals surface area contributed by atoms with Gasteiger partial charge >= 0.3 is 0 Å². The van der Waals surface area contributed by atoms with Crippen LogP contribution in [0.1, 0.15) is 5.56 Å². The lowest BCUT2D eigenvalue weighted by molar-refractivity contribution is -0.122. The van der Waals surface area contributed by atoms with E-state index in [0.29, 0.717) is 11.3 Å². The highest BCUT2D eigenvalue weighted by Gasteiger charge is 2.52. The smallest absolute Gasteiger partial charge is 0.282 e. The van der Waals surface area contributed by atoms with Gasteiger partial charge in [0.15, 0.2) is 5.96 Å². The molecule has 0 fully saturated rings. The molecule has 7 nitrogen and oxygen atoms in total. The Morgan fingerprint density at radius 3 is 2.64 bits per heavy atom. The van der Waals surface area contributed by atoms with E-state index in [-0.39, 0.29) is 23.6 Å². The summed E-state index contributed by atoms with van der Waals surface area (Å²) in [4.78, 5) is 23.2. The summed E-state index contributed by atoms with van der Waals surface area (Å²) < 4.78 is 13.1. The van der Waals surface area contributed by atoms with E-state index in [0.717, 1.165) is 5.69 Å². The van der Waals surface area contributed by atoms with Crippen LogP contribution in [-0.4, -0.2) is 24.9 Å². The van der Waals surface area contributed by atoms with Gasteiger partial charge in [-0.15, -0.1) is 0 Å². The number of para-hydroxylation sites is 1. The molecule has 1 spiro atoms. The van der Waals surface area contributed by atoms with Crippen LogP contribution in [0.25, 0.3) is 0 Å². The van der Waals surface area contributed by atoms with Crippen molar-refractivity contribution in [3.05, 3.63) is 59.9 Å². The van der Waals surface area contributed by atoms with Crippen LogP contribution in [0.4, 0.5) is 15.8 Å². The first-order chi connectivity index (χ1) is 12.0. The number of anilines is 2. The summed E-state index contributed by atoms with van der Waals surface area (Å²) in [5, 5.41) is 5.80. The fraction of sp³-hybridized carbons (Fsp3) is 0.118. The van der Waals surface area contributed by atoms with Crippen molar-refractivity contribution in [3.8, 4) is 0 Å². The van der Waals surface area contributed by atoms with Gasteiger partial charge in [0.1, 0.15) is 5.82 Å². The summed E-state index contributed by atoms with van der Waals surface area (Å²) in [6.07, 6.45) is 0. The molecule has 2 aromatic rings. The number of hydrogen-bond donors (Lipinski definition) is 3. The molecule has 4 N–H and O–H groups in total. The first-order valence-electron chi connectivity index (χ1n) is 7.62. The molecule has 25 heavy (non-hydrogen) atoms. The Morgan fingerprint density at radius 1 is 1.16 bits per heavy atom. The van der Waals surface area contributed by atoms with Gasteiger partial charge in [-0.05, 0) is 30.3 Å². The van der Waals surface area contributed by atoms with Crippen LogP contribution in [0.2, 0.25) is 0 Å². The molecule has 0 saturated heterocycles. The van der Waals surface area contributed by atoms with Crippen LogP contribution in [-0.2, 0) is 10.5 Å². The Hall–Kier alpha value is -3.42. The Balaban J connectivity index is 1.78. The van der Waals surface area contributed by atoms with Crippen molar-refractivity contribution in [1.29, 1.82) is 0 Å². The van der Waals surface area contributed by atoms with Crippen molar-refractivity contribution in [2.75, 3.05) is 17.3 Å². The minimum absolute atomic E-state index is 0.0677. The largest absolute Gasteiger partial charge is 0.370 e. The lowest BCUT2D eigenvalue weighted by Gasteiger charge is -2.26. The number of rotatable bonds is 1. The van der Waals surface area contributed by atoms with Crippen LogP contribution in [0.15, 0.2) is 58.5 Å².